The van der Waals surface area contributed by atoms with Gasteiger partial charge in [0.1, 0.15) is 0 Å². The topological polar surface area (TPSA) is 95.8 Å². The monoisotopic (exact) mass is 378 g/mol. The molecule has 9 heteroatoms. The summed E-state index contributed by atoms with van der Waals surface area (Å²) in [6, 6.07) is 6.58. The number of carbonyl (C=O) groups is 1. The van der Waals surface area contributed by atoms with Crippen molar-refractivity contribution in [3.63, 3.8) is 0 Å². The second kappa shape index (κ2) is 6.31. The van der Waals surface area contributed by atoms with Gasteiger partial charge in [0.05, 0.1) is 11.9 Å². The molecule has 0 atom stereocenters. The van der Waals surface area contributed by atoms with Crippen LogP contribution in [-0.4, -0.2) is 44.5 Å². The number of benzene rings is 1. The molecule has 1 saturated heterocycles. The van der Waals surface area contributed by atoms with E-state index in [-0.39, 0.29) is 11.1 Å². The van der Waals surface area contributed by atoms with E-state index in [0.29, 0.717) is 30.4 Å². The van der Waals surface area contributed by atoms with Gasteiger partial charge in [-0.15, -0.1) is 0 Å². The van der Waals surface area contributed by atoms with Crippen molar-refractivity contribution < 1.29 is 17.6 Å². The van der Waals surface area contributed by atoms with E-state index >= 15 is 0 Å². The van der Waals surface area contributed by atoms with Crippen molar-refractivity contribution in [1.82, 2.24) is 9.88 Å². The standard InChI is InChI=1S/C17H22N4O4S/c1-17(2,3)15-18-11-14(25-15)26(23,24)19-12-6-5-7-13(10-12)21-9-8-20(4)16(21)22/h5-7,10-11,19H,8-9H2,1-4H3. The molecule has 0 radical (unpaired) electrons. The lowest BCUT2D eigenvalue weighted by Gasteiger charge is -2.17. The number of urea groups is 1. The van der Waals surface area contributed by atoms with Crippen LogP contribution in [0.5, 0.6) is 0 Å². The third kappa shape index (κ3) is 3.52. The van der Waals surface area contributed by atoms with Gasteiger partial charge in [-0.3, -0.25) is 9.62 Å². The Hall–Kier alpha value is -2.55. The number of amides is 2. The van der Waals surface area contributed by atoms with E-state index in [4.69, 9.17) is 4.42 Å². The van der Waals surface area contributed by atoms with Crippen molar-refractivity contribution in [2.45, 2.75) is 31.3 Å². The van der Waals surface area contributed by atoms with Crippen molar-refractivity contribution in [3.05, 3.63) is 36.4 Å². The van der Waals surface area contributed by atoms with Gasteiger partial charge >= 0.3 is 6.03 Å². The van der Waals surface area contributed by atoms with E-state index in [9.17, 15) is 13.2 Å². The van der Waals surface area contributed by atoms with Gasteiger partial charge < -0.3 is 9.32 Å². The zero-order valence-corrected chi connectivity index (χ0v) is 16.0. The average Bonchev–Trinajstić information content (AvgIpc) is 3.16. The number of likely N-dealkylation sites (N-methyl/N-ethyl adjacent to an activating group) is 1. The highest BCUT2D eigenvalue weighted by Crippen LogP contribution is 2.27. The summed E-state index contributed by atoms with van der Waals surface area (Å²) >= 11 is 0. The van der Waals surface area contributed by atoms with Crippen molar-refractivity contribution in [2.75, 3.05) is 29.8 Å². The van der Waals surface area contributed by atoms with E-state index in [1.165, 1.54) is 6.20 Å². The van der Waals surface area contributed by atoms with Crippen LogP contribution in [0.25, 0.3) is 0 Å². The van der Waals surface area contributed by atoms with Gasteiger partial charge in [0.25, 0.3) is 15.1 Å². The Morgan fingerprint density at radius 3 is 2.54 bits per heavy atom. The lowest BCUT2D eigenvalue weighted by atomic mass is 9.97. The largest absolute Gasteiger partial charge is 0.427 e. The average molecular weight is 378 g/mol. The molecule has 2 heterocycles. The fourth-order valence-corrected chi connectivity index (χ4v) is 3.48. The van der Waals surface area contributed by atoms with Crippen LogP contribution in [0.2, 0.25) is 0 Å². The highest BCUT2D eigenvalue weighted by Gasteiger charge is 2.28. The summed E-state index contributed by atoms with van der Waals surface area (Å²) in [5.41, 5.74) is 0.585. The molecule has 140 valence electrons. The predicted molar refractivity (Wildman–Crippen MR) is 97.8 cm³/mol. The molecular formula is C17H22N4O4S. The molecular weight excluding hydrogens is 356 g/mol. The zero-order valence-electron chi connectivity index (χ0n) is 15.2. The first-order chi connectivity index (χ1) is 12.1. The van der Waals surface area contributed by atoms with E-state index in [1.807, 2.05) is 20.8 Å². The highest BCUT2D eigenvalue weighted by molar-refractivity contribution is 7.92. The molecule has 1 aromatic carbocycles. The number of nitrogens with zero attached hydrogens (tertiary/aromatic N) is 3. The minimum Gasteiger partial charge on any atom is -0.427 e. The van der Waals surface area contributed by atoms with Crippen LogP contribution in [0, 0.1) is 0 Å². The van der Waals surface area contributed by atoms with Crippen LogP contribution >= 0.6 is 0 Å². The minimum atomic E-state index is -3.91. The zero-order chi connectivity index (χ0) is 19.1. The van der Waals surface area contributed by atoms with Crippen LogP contribution in [0.15, 0.2) is 40.0 Å². The number of hydrogen-bond donors (Lipinski definition) is 1. The van der Waals surface area contributed by atoms with Gasteiger partial charge in [-0.2, -0.15) is 8.42 Å². The molecule has 1 fully saturated rings. The molecule has 8 nitrogen and oxygen atoms in total. The van der Waals surface area contributed by atoms with E-state index in [2.05, 4.69) is 9.71 Å². The second-order valence-electron chi connectivity index (χ2n) is 7.25. The maximum atomic E-state index is 12.6. The molecule has 0 saturated carbocycles. The van der Waals surface area contributed by atoms with Crippen LogP contribution in [-0.2, 0) is 15.4 Å². The molecule has 0 bridgehead atoms. The molecule has 0 aliphatic carbocycles. The summed E-state index contributed by atoms with van der Waals surface area (Å²) in [5.74, 6) is 0.345. The number of nitrogens with one attached hydrogen (secondary N) is 1. The molecule has 0 unspecified atom stereocenters. The number of hydrogen-bond acceptors (Lipinski definition) is 5. The molecule has 1 aliphatic heterocycles. The first-order valence-corrected chi connectivity index (χ1v) is 9.68. The Morgan fingerprint density at radius 2 is 1.96 bits per heavy atom. The quantitative estimate of drug-likeness (QED) is 0.882. The van der Waals surface area contributed by atoms with Crippen molar-refractivity contribution >= 4 is 27.4 Å². The van der Waals surface area contributed by atoms with Gasteiger partial charge in [0, 0.05) is 31.2 Å². The van der Waals surface area contributed by atoms with Gasteiger partial charge in [0.15, 0.2) is 0 Å². The van der Waals surface area contributed by atoms with Crippen molar-refractivity contribution in [1.29, 1.82) is 0 Å². The number of rotatable bonds is 4. The first-order valence-electron chi connectivity index (χ1n) is 8.20. The Labute approximate surface area is 152 Å². The molecule has 26 heavy (non-hydrogen) atoms. The Balaban J connectivity index is 1.83. The molecule has 2 amide bonds. The number of anilines is 2. The Bertz CT molecular complexity index is 930. The third-order valence-electron chi connectivity index (χ3n) is 4.02. The summed E-state index contributed by atoms with van der Waals surface area (Å²) in [7, 11) is -2.18. The van der Waals surface area contributed by atoms with E-state index < -0.39 is 15.4 Å². The van der Waals surface area contributed by atoms with Crippen molar-refractivity contribution in [3.8, 4) is 0 Å². The lowest BCUT2D eigenvalue weighted by molar-refractivity contribution is 0.229. The van der Waals surface area contributed by atoms with Gasteiger partial charge in [-0.05, 0) is 18.2 Å². The van der Waals surface area contributed by atoms with Crippen LogP contribution < -0.4 is 9.62 Å². The second-order valence-corrected chi connectivity index (χ2v) is 8.86. The fraction of sp³-hybridized carbons (Fsp3) is 0.412. The van der Waals surface area contributed by atoms with Crippen molar-refractivity contribution in [2.24, 2.45) is 0 Å². The van der Waals surface area contributed by atoms with Crippen LogP contribution in [0.3, 0.4) is 0 Å². The summed E-state index contributed by atoms with van der Waals surface area (Å²) in [4.78, 5) is 19.4. The van der Waals surface area contributed by atoms with Gasteiger partial charge in [0.2, 0.25) is 5.89 Å². The fourth-order valence-electron chi connectivity index (χ4n) is 2.56. The highest BCUT2D eigenvalue weighted by atomic mass is 32.2. The smallest absolute Gasteiger partial charge is 0.324 e. The molecule has 1 aliphatic rings. The summed E-state index contributed by atoms with van der Waals surface area (Å²) in [5, 5.41) is -0.246. The SMILES string of the molecule is CN1CCN(c2cccc(NS(=O)(=O)c3cnc(C(C)(C)C)o3)c2)C1=O. The summed E-state index contributed by atoms with van der Waals surface area (Å²) < 4.78 is 33.0. The number of aromatic nitrogens is 1. The Kier molecular flexibility index (Phi) is 4.43. The number of sulfonamides is 1. The molecule has 1 aromatic heterocycles. The molecule has 1 N–H and O–H groups in total. The first kappa shape index (κ1) is 18.2. The molecule has 2 aromatic rings. The predicted octanol–water partition coefficient (Wildman–Crippen LogP) is 2.64. The van der Waals surface area contributed by atoms with Gasteiger partial charge in [-0.25, -0.2) is 9.78 Å². The van der Waals surface area contributed by atoms with E-state index in [1.54, 1.807) is 41.1 Å². The molecule has 3 rings (SSSR count). The van der Waals surface area contributed by atoms with Gasteiger partial charge in [-0.1, -0.05) is 26.8 Å². The maximum Gasteiger partial charge on any atom is 0.324 e. The summed E-state index contributed by atoms with van der Waals surface area (Å²) in [6.07, 6.45) is 1.20. The third-order valence-corrected chi connectivity index (χ3v) is 5.24. The molecule has 0 spiro atoms. The normalized spacial score (nSPS) is 15.6. The summed E-state index contributed by atoms with van der Waals surface area (Å²) in [6.45, 7) is 6.84. The maximum absolute atomic E-state index is 12.6. The number of oxazole rings is 1. The van der Waals surface area contributed by atoms with Crippen LogP contribution in [0.4, 0.5) is 16.2 Å². The minimum absolute atomic E-state index is 0.116. The van der Waals surface area contributed by atoms with Crippen LogP contribution in [0.1, 0.15) is 26.7 Å². The lowest BCUT2D eigenvalue weighted by Crippen LogP contribution is -2.29. The van der Waals surface area contributed by atoms with E-state index in [0.717, 1.165) is 0 Å². The Morgan fingerprint density at radius 1 is 1.23 bits per heavy atom. The number of carbonyl (C=O) groups excluding carboxylic acids is 1.